The van der Waals surface area contributed by atoms with Crippen molar-refractivity contribution in [3.8, 4) is 11.5 Å². The second kappa shape index (κ2) is 9.43. The number of ether oxygens (including phenoxy) is 3. The number of para-hydroxylation sites is 2. The minimum absolute atomic E-state index is 0.182. The fourth-order valence-electron chi connectivity index (χ4n) is 2.50. The van der Waals surface area contributed by atoms with Crippen molar-refractivity contribution in [1.29, 1.82) is 0 Å². The van der Waals surface area contributed by atoms with Gasteiger partial charge in [-0.2, -0.15) is 5.10 Å². The summed E-state index contributed by atoms with van der Waals surface area (Å²) in [5.41, 5.74) is 2.40. The molecule has 1 saturated heterocycles. The van der Waals surface area contributed by atoms with Crippen LogP contribution in [0.4, 0.5) is 5.88 Å². The Labute approximate surface area is 165 Å². The van der Waals surface area contributed by atoms with Crippen LogP contribution in [0.1, 0.15) is 5.76 Å². The van der Waals surface area contributed by atoms with Crippen LogP contribution in [0.3, 0.4) is 0 Å². The minimum Gasteiger partial charge on any atom is -0.493 e. The van der Waals surface area contributed by atoms with Crippen molar-refractivity contribution < 1.29 is 23.4 Å². The number of hydrazone groups is 1. The molecule has 2 aromatic rings. The number of rotatable bonds is 7. The summed E-state index contributed by atoms with van der Waals surface area (Å²) in [5, 5.41) is 3.90. The average molecular weight is 438 g/mol. The number of hydrogen-bond donors (Lipinski definition) is 1. The van der Waals surface area contributed by atoms with Crippen LogP contribution in [0, 0.1) is 0 Å². The van der Waals surface area contributed by atoms with E-state index < -0.39 is 5.91 Å². The van der Waals surface area contributed by atoms with Gasteiger partial charge in [-0.15, -0.1) is 0 Å². The fourth-order valence-corrected chi connectivity index (χ4v) is 3.06. The van der Waals surface area contributed by atoms with Crippen molar-refractivity contribution in [2.45, 2.75) is 0 Å². The van der Waals surface area contributed by atoms with E-state index in [2.05, 4.69) is 31.4 Å². The van der Waals surface area contributed by atoms with E-state index in [0.717, 1.165) is 23.4 Å². The lowest BCUT2D eigenvalue weighted by molar-refractivity contribution is -0.123. The van der Waals surface area contributed by atoms with Crippen molar-refractivity contribution in [2.24, 2.45) is 5.10 Å². The number of benzene rings is 1. The average Bonchev–Trinajstić information content (AvgIpc) is 3.07. The van der Waals surface area contributed by atoms with Crippen molar-refractivity contribution in [2.75, 3.05) is 44.9 Å². The first kappa shape index (κ1) is 19.2. The van der Waals surface area contributed by atoms with E-state index in [1.807, 2.05) is 6.07 Å². The Balaban J connectivity index is 1.50. The van der Waals surface area contributed by atoms with Crippen LogP contribution >= 0.6 is 15.9 Å². The molecule has 8 nitrogen and oxygen atoms in total. The van der Waals surface area contributed by atoms with E-state index in [1.54, 1.807) is 31.4 Å². The number of nitrogens with one attached hydrogen (secondary N) is 1. The third kappa shape index (κ3) is 5.24. The maximum atomic E-state index is 11.9. The number of carbonyl (C=O) groups excluding carboxylic acids is 1. The summed E-state index contributed by atoms with van der Waals surface area (Å²) in [5.74, 6) is 1.91. The number of furan rings is 1. The summed E-state index contributed by atoms with van der Waals surface area (Å²) in [6.45, 7) is 2.68. The fraction of sp³-hybridized carbons (Fsp3) is 0.333. The van der Waals surface area contributed by atoms with Crippen LogP contribution in [0.25, 0.3) is 0 Å². The summed E-state index contributed by atoms with van der Waals surface area (Å²) < 4.78 is 22.5. The van der Waals surface area contributed by atoms with Gasteiger partial charge in [-0.25, -0.2) is 5.43 Å². The Kier molecular flexibility index (Phi) is 6.72. The van der Waals surface area contributed by atoms with E-state index >= 15 is 0 Å². The Hall–Kier alpha value is -2.52. The van der Waals surface area contributed by atoms with Gasteiger partial charge in [0.15, 0.2) is 23.9 Å². The molecule has 1 N–H and O–H groups in total. The number of halogens is 1. The second-order valence-corrected chi connectivity index (χ2v) is 6.49. The normalized spacial score (nSPS) is 14.4. The molecule has 0 bridgehead atoms. The highest BCUT2D eigenvalue weighted by molar-refractivity contribution is 9.10. The number of anilines is 1. The van der Waals surface area contributed by atoms with Crippen LogP contribution in [0.15, 0.2) is 44.3 Å². The number of amides is 1. The van der Waals surface area contributed by atoms with E-state index in [0.29, 0.717) is 30.5 Å². The molecule has 3 rings (SSSR count). The highest BCUT2D eigenvalue weighted by Crippen LogP contribution is 2.30. The molecule has 1 aliphatic heterocycles. The minimum atomic E-state index is -0.392. The molecule has 9 heteroatoms. The van der Waals surface area contributed by atoms with E-state index in [-0.39, 0.29) is 6.61 Å². The van der Waals surface area contributed by atoms with Crippen LogP contribution in [0.2, 0.25) is 0 Å². The predicted octanol–water partition coefficient (Wildman–Crippen LogP) is 2.42. The third-order valence-electron chi connectivity index (χ3n) is 3.79. The molecular weight excluding hydrogens is 418 g/mol. The molecule has 1 amide bonds. The lowest BCUT2D eigenvalue weighted by atomic mass is 10.3. The molecule has 27 heavy (non-hydrogen) atoms. The maximum absolute atomic E-state index is 11.9. The van der Waals surface area contributed by atoms with Gasteiger partial charge in [0.1, 0.15) is 0 Å². The predicted molar refractivity (Wildman–Crippen MR) is 104 cm³/mol. The Morgan fingerprint density at radius 2 is 2.07 bits per heavy atom. The SMILES string of the molecule is COc1ccccc1OCC(=O)N/N=C/c1cc(Br)c(N2CCOCC2)o1. The van der Waals surface area contributed by atoms with Crippen LogP contribution in [-0.2, 0) is 9.53 Å². The molecule has 2 heterocycles. The molecule has 144 valence electrons. The molecular formula is C18H20BrN3O5. The molecule has 0 aliphatic carbocycles. The van der Waals surface area contributed by atoms with Gasteiger partial charge in [-0.1, -0.05) is 12.1 Å². The van der Waals surface area contributed by atoms with Gasteiger partial charge in [-0.3, -0.25) is 4.79 Å². The van der Waals surface area contributed by atoms with Crippen LogP contribution in [0.5, 0.6) is 11.5 Å². The quantitative estimate of drug-likeness (QED) is 0.528. The zero-order chi connectivity index (χ0) is 19.1. The number of nitrogens with zero attached hydrogens (tertiary/aromatic N) is 2. The third-order valence-corrected chi connectivity index (χ3v) is 4.36. The molecule has 1 aromatic carbocycles. The lowest BCUT2D eigenvalue weighted by Gasteiger charge is -2.26. The molecule has 0 saturated carbocycles. The van der Waals surface area contributed by atoms with Crippen LogP contribution < -0.4 is 19.8 Å². The van der Waals surface area contributed by atoms with Gasteiger partial charge in [0.05, 0.1) is 31.0 Å². The molecule has 1 aromatic heterocycles. The largest absolute Gasteiger partial charge is 0.493 e. The topological polar surface area (TPSA) is 85.5 Å². The van der Waals surface area contributed by atoms with Gasteiger partial charge >= 0.3 is 0 Å². The van der Waals surface area contributed by atoms with Gasteiger partial charge in [-0.05, 0) is 28.1 Å². The van der Waals surface area contributed by atoms with Crippen molar-refractivity contribution >= 4 is 33.9 Å². The monoisotopic (exact) mass is 437 g/mol. The highest BCUT2D eigenvalue weighted by Gasteiger charge is 2.18. The maximum Gasteiger partial charge on any atom is 0.277 e. The molecule has 0 atom stereocenters. The number of methoxy groups -OCH3 is 1. The van der Waals surface area contributed by atoms with E-state index in [9.17, 15) is 4.79 Å². The molecule has 0 unspecified atom stereocenters. The summed E-state index contributed by atoms with van der Waals surface area (Å²) in [6, 6.07) is 8.90. The summed E-state index contributed by atoms with van der Waals surface area (Å²) in [7, 11) is 1.54. The smallest absolute Gasteiger partial charge is 0.277 e. The first-order chi connectivity index (χ1) is 13.2. The first-order valence-electron chi connectivity index (χ1n) is 8.37. The summed E-state index contributed by atoms with van der Waals surface area (Å²) >= 11 is 3.48. The molecule has 0 radical (unpaired) electrons. The lowest BCUT2D eigenvalue weighted by Crippen LogP contribution is -2.36. The zero-order valence-corrected chi connectivity index (χ0v) is 16.4. The van der Waals surface area contributed by atoms with Gasteiger partial charge in [0, 0.05) is 19.2 Å². The summed E-state index contributed by atoms with van der Waals surface area (Å²) in [6.07, 6.45) is 1.44. The molecule has 1 aliphatic rings. The number of carbonyl (C=O) groups is 1. The Bertz CT molecular complexity index is 802. The number of morpholine rings is 1. The first-order valence-corrected chi connectivity index (χ1v) is 9.16. The highest BCUT2D eigenvalue weighted by atomic mass is 79.9. The van der Waals surface area contributed by atoms with Gasteiger partial charge in [0.25, 0.3) is 5.91 Å². The Morgan fingerprint density at radius 3 is 2.81 bits per heavy atom. The van der Waals surface area contributed by atoms with Gasteiger partial charge < -0.3 is 23.5 Å². The molecule has 1 fully saturated rings. The second-order valence-electron chi connectivity index (χ2n) is 5.63. The summed E-state index contributed by atoms with van der Waals surface area (Å²) in [4.78, 5) is 14.0. The van der Waals surface area contributed by atoms with E-state index in [1.165, 1.54) is 6.21 Å². The van der Waals surface area contributed by atoms with Crippen molar-refractivity contribution in [3.63, 3.8) is 0 Å². The van der Waals surface area contributed by atoms with Crippen molar-refractivity contribution in [1.82, 2.24) is 5.43 Å². The van der Waals surface area contributed by atoms with Crippen LogP contribution in [-0.4, -0.2) is 52.1 Å². The van der Waals surface area contributed by atoms with Crippen molar-refractivity contribution in [3.05, 3.63) is 40.6 Å². The van der Waals surface area contributed by atoms with E-state index in [4.69, 9.17) is 18.6 Å². The standard InChI is InChI=1S/C18H20BrN3O5/c1-24-15-4-2-3-5-16(15)26-12-17(23)21-20-11-13-10-14(19)18(27-13)22-6-8-25-9-7-22/h2-5,10-11H,6-9,12H2,1H3,(H,21,23)/b20-11+. The Morgan fingerprint density at radius 1 is 1.33 bits per heavy atom. The number of hydrogen-bond acceptors (Lipinski definition) is 7. The molecule has 0 spiro atoms. The zero-order valence-electron chi connectivity index (χ0n) is 14.8. The van der Waals surface area contributed by atoms with Gasteiger partial charge in [0.2, 0.25) is 5.88 Å².